The lowest BCUT2D eigenvalue weighted by Gasteiger charge is -2.26. The zero-order chi connectivity index (χ0) is 25.2. The summed E-state index contributed by atoms with van der Waals surface area (Å²) in [6, 6.07) is 9.01. The van der Waals surface area contributed by atoms with Crippen molar-refractivity contribution in [1.29, 1.82) is 5.26 Å². The molecule has 35 heavy (non-hydrogen) atoms. The Morgan fingerprint density at radius 3 is 2.69 bits per heavy atom. The number of ether oxygens (including phenoxy) is 2. The van der Waals surface area contributed by atoms with Crippen molar-refractivity contribution in [1.82, 2.24) is 9.47 Å². The number of aromatic nitrogens is 1. The van der Waals surface area contributed by atoms with Gasteiger partial charge in [0.2, 0.25) is 5.91 Å². The number of hydrogen-bond donors (Lipinski definition) is 2. The van der Waals surface area contributed by atoms with Gasteiger partial charge in [-0.2, -0.15) is 5.26 Å². The van der Waals surface area contributed by atoms with Crippen LogP contribution in [0.4, 0.5) is 11.4 Å². The van der Waals surface area contributed by atoms with Crippen LogP contribution < -0.4 is 25.4 Å². The van der Waals surface area contributed by atoms with Gasteiger partial charge in [-0.05, 0) is 32.0 Å². The third kappa shape index (κ3) is 7.02. The highest BCUT2D eigenvalue weighted by Crippen LogP contribution is 2.15. The Morgan fingerprint density at radius 1 is 1.26 bits per heavy atom. The number of hydrogen-bond acceptors (Lipinski definition) is 9. The monoisotopic (exact) mass is 499 g/mol. The number of carbonyl (C=O) groups is 2. The summed E-state index contributed by atoms with van der Waals surface area (Å²) in [4.78, 5) is 39.5. The number of carbonyl (C=O) groups excluding carboxylic acids is 2. The first-order chi connectivity index (χ1) is 17.0. The summed E-state index contributed by atoms with van der Waals surface area (Å²) in [6.07, 6.45) is 1.92. The second kappa shape index (κ2) is 12.9. The third-order valence-corrected chi connectivity index (χ3v) is 6.43. The molecule has 2 aromatic rings. The number of thiazole rings is 1. The number of morpholine rings is 1. The maximum Gasteiger partial charge on any atom is 0.351 e. The lowest BCUT2D eigenvalue weighted by Crippen LogP contribution is -2.38. The lowest BCUT2D eigenvalue weighted by molar-refractivity contribution is -0.136. The fourth-order valence-electron chi connectivity index (χ4n) is 3.52. The molecule has 1 aliphatic rings. The number of nitriles is 1. The first-order valence-corrected chi connectivity index (χ1v) is 12.3. The highest BCUT2D eigenvalue weighted by atomic mass is 32.1. The molecule has 0 saturated carbocycles. The van der Waals surface area contributed by atoms with Gasteiger partial charge in [0.25, 0.3) is 5.56 Å². The van der Waals surface area contributed by atoms with Crippen LogP contribution in [0.1, 0.15) is 20.3 Å². The van der Waals surface area contributed by atoms with Gasteiger partial charge >= 0.3 is 5.97 Å². The average Bonchev–Trinajstić information content (AvgIpc) is 3.17. The van der Waals surface area contributed by atoms with Crippen LogP contribution in [0.2, 0.25) is 0 Å². The molecule has 1 fully saturated rings. The van der Waals surface area contributed by atoms with Crippen LogP contribution in [0.15, 0.2) is 29.1 Å². The molecule has 10 nitrogen and oxygen atoms in total. The van der Waals surface area contributed by atoms with Gasteiger partial charge in [-0.3, -0.25) is 19.1 Å². The molecule has 1 aliphatic heterocycles. The van der Waals surface area contributed by atoms with Crippen LogP contribution in [-0.4, -0.2) is 60.8 Å². The number of rotatable bonds is 9. The Morgan fingerprint density at radius 2 is 2.00 bits per heavy atom. The minimum Gasteiger partial charge on any atom is -0.462 e. The topological polar surface area (TPSA) is 126 Å². The van der Waals surface area contributed by atoms with E-state index < -0.39 is 5.97 Å². The van der Waals surface area contributed by atoms with E-state index >= 15 is 0 Å². The largest absolute Gasteiger partial charge is 0.462 e. The summed E-state index contributed by atoms with van der Waals surface area (Å²) in [7, 11) is 0. The van der Waals surface area contributed by atoms with E-state index in [2.05, 4.69) is 15.5 Å². The van der Waals surface area contributed by atoms with Crippen molar-refractivity contribution in [2.45, 2.75) is 26.8 Å². The first-order valence-electron chi connectivity index (χ1n) is 11.4. The molecule has 1 aromatic carbocycles. The van der Waals surface area contributed by atoms with Gasteiger partial charge < -0.3 is 20.1 Å². The Balaban J connectivity index is 1.74. The van der Waals surface area contributed by atoms with Crippen molar-refractivity contribution < 1.29 is 19.1 Å². The summed E-state index contributed by atoms with van der Waals surface area (Å²) in [5.41, 5.74) is 0.792. The molecule has 1 amide bonds. The predicted molar refractivity (Wildman–Crippen MR) is 134 cm³/mol. The standard InChI is InChI=1S/C24H29N5O5S/c1-3-29-22(31)20(35-23(29)19(15-25)24(32)34-4-2)16-26-17-6-5-7-18(14-17)27-21(30)8-9-28-10-12-33-13-11-28/h5-7,14,16,26H,3-4,8-13H2,1-2H3,(H,27,30)/b20-16-,23-19-. The fraction of sp³-hybridized carbons (Fsp3) is 0.417. The van der Waals surface area contributed by atoms with Gasteiger partial charge in [0, 0.05) is 50.2 Å². The van der Waals surface area contributed by atoms with Gasteiger partial charge in [0.05, 0.1) is 19.8 Å². The van der Waals surface area contributed by atoms with Gasteiger partial charge in [-0.25, -0.2) is 4.79 Å². The molecule has 1 aromatic heterocycles. The second-order valence-electron chi connectivity index (χ2n) is 7.65. The van der Waals surface area contributed by atoms with Crippen molar-refractivity contribution >= 4 is 46.4 Å². The van der Waals surface area contributed by atoms with E-state index in [4.69, 9.17) is 9.47 Å². The summed E-state index contributed by atoms with van der Waals surface area (Å²) in [6.45, 7) is 7.58. The molecule has 2 heterocycles. The van der Waals surface area contributed by atoms with Crippen molar-refractivity contribution in [2.24, 2.45) is 0 Å². The number of esters is 1. The Kier molecular flexibility index (Phi) is 9.60. The normalized spacial score (nSPS) is 15.3. The van der Waals surface area contributed by atoms with Crippen molar-refractivity contribution in [3.05, 3.63) is 43.8 Å². The first kappa shape index (κ1) is 26.2. The Bertz CT molecular complexity index is 1270. The van der Waals surface area contributed by atoms with E-state index in [0.717, 1.165) is 24.4 Å². The van der Waals surface area contributed by atoms with Crippen molar-refractivity contribution in [2.75, 3.05) is 50.1 Å². The molecule has 1 saturated heterocycles. The highest BCUT2D eigenvalue weighted by Gasteiger charge is 2.16. The molecule has 2 N–H and O–H groups in total. The third-order valence-electron chi connectivity index (χ3n) is 5.30. The number of nitrogens with zero attached hydrogens (tertiary/aromatic N) is 3. The highest BCUT2D eigenvalue weighted by molar-refractivity contribution is 7.07. The number of benzene rings is 1. The number of amides is 1. The fourth-order valence-corrected chi connectivity index (χ4v) is 4.60. The predicted octanol–water partition coefficient (Wildman–Crippen LogP) is 0.678. The maximum atomic E-state index is 12.8. The van der Waals surface area contributed by atoms with Gasteiger partial charge in [0.15, 0.2) is 5.57 Å². The molecule has 11 heteroatoms. The maximum absolute atomic E-state index is 12.8. The molecular formula is C24H29N5O5S. The zero-order valence-corrected chi connectivity index (χ0v) is 20.7. The number of nitrogens with one attached hydrogen (secondary N) is 2. The summed E-state index contributed by atoms with van der Waals surface area (Å²) in [5, 5.41) is 15.4. The number of anilines is 2. The lowest BCUT2D eigenvalue weighted by atomic mass is 10.2. The minimum atomic E-state index is -0.755. The minimum absolute atomic E-state index is 0.0788. The molecule has 0 aliphatic carbocycles. The van der Waals surface area contributed by atoms with E-state index in [1.807, 2.05) is 6.07 Å². The van der Waals surface area contributed by atoms with Gasteiger partial charge in [0.1, 0.15) is 15.3 Å². The Hall–Kier alpha value is -3.46. The Labute approximate surface area is 207 Å². The molecule has 0 radical (unpaired) electrons. The SMILES string of the molecule is CCOC(=O)/C(C#N)=c1\s/c(=C\Nc2cccc(NC(=O)CCN3CCOCC3)c2)c(=O)n1CC. The molecule has 3 rings (SSSR count). The summed E-state index contributed by atoms with van der Waals surface area (Å²) in [5.74, 6) is -0.833. The second-order valence-corrected chi connectivity index (χ2v) is 8.68. The molecule has 0 unspecified atom stereocenters. The van der Waals surface area contributed by atoms with Crippen molar-refractivity contribution in [3.8, 4) is 6.07 Å². The summed E-state index contributed by atoms with van der Waals surface area (Å²) < 4.78 is 12.2. The van der Waals surface area contributed by atoms with Crippen LogP contribution >= 0.6 is 11.3 Å². The quantitative estimate of drug-likeness (QED) is 0.483. The van der Waals surface area contributed by atoms with Crippen LogP contribution in [0, 0.1) is 11.3 Å². The van der Waals surface area contributed by atoms with E-state index in [9.17, 15) is 19.6 Å². The van der Waals surface area contributed by atoms with Crippen LogP contribution in [0.5, 0.6) is 0 Å². The molecular weight excluding hydrogens is 470 g/mol. The molecule has 186 valence electrons. The smallest absolute Gasteiger partial charge is 0.351 e. The van der Waals surface area contributed by atoms with Crippen molar-refractivity contribution in [3.63, 3.8) is 0 Å². The molecule has 0 atom stereocenters. The van der Waals surface area contributed by atoms with E-state index in [-0.39, 0.29) is 28.3 Å². The molecule has 0 bridgehead atoms. The average molecular weight is 500 g/mol. The van der Waals surface area contributed by atoms with E-state index in [1.54, 1.807) is 38.1 Å². The van der Waals surface area contributed by atoms with E-state index in [0.29, 0.717) is 48.6 Å². The van der Waals surface area contributed by atoms with Crippen LogP contribution in [-0.2, 0) is 25.6 Å². The van der Waals surface area contributed by atoms with E-state index in [1.165, 1.54) is 10.8 Å². The summed E-state index contributed by atoms with van der Waals surface area (Å²) >= 11 is 1.04. The van der Waals surface area contributed by atoms with Gasteiger partial charge in [-0.1, -0.05) is 6.07 Å². The zero-order valence-electron chi connectivity index (χ0n) is 19.8. The van der Waals surface area contributed by atoms with Crippen LogP contribution in [0.25, 0.3) is 11.8 Å². The van der Waals surface area contributed by atoms with Gasteiger partial charge in [-0.15, -0.1) is 11.3 Å². The molecule has 0 spiro atoms. The van der Waals surface area contributed by atoms with Crippen LogP contribution in [0.3, 0.4) is 0 Å².